The zero-order valence-electron chi connectivity index (χ0n) is 11.5. The third kappa shape index (κ3) is 5.31. The maximum atomic E-state index is 3.60. The van der Waals surface area contributed by atoms with E-state index in [1.807, 2.05) is 0 Å². The van der Waals surface area contributed by atoms with Gasteiger partial charge in [-0.2, -0.15) is 0 Å². The molecule has 2 nitrogen and oxygen atoms in total. The maximum Gasteiger partial charge on any atom is 0.0194 e. The zero-order valence-corrected chi connectivity index (χ0v) is 11.5. The predicted molar refractivity (Wildman–Crippen MR) is 71.8 cm³/mol. The molecule has 0 aliphatic heterocycles. The first-order valence-corrected chi connectivity index (χ1v) is 7.18. The second-order valence-corrected chi connectivity index (χ2v) is 5.41. The van der Waals surface area contributed by atoms with Gasteiger partial charge in [0.05, 0.1) is 0 Å². The van der Waals surface area contributed by atoms with Gasteiger partial charge in [0.1, 0.15) is 0 Å². The fourth-order valence-corrected chi connectivity index (χ4v) is 2.98. The molecule has 1 aliphatic rings. The van der Waals surface area contributed by atoms with Gasteiger partial charge < -0.3 is 10.2 Å². The van der Waals surface area contributed by atoms with E-state index in [4.69, 9.17) is 0 Å². The molecule has 0 spiro atoms. The second kappa shape index (κ2) is 8.08. The largest absolute Gasteiger partial charge is 0.313 e. The van der Waals surface area contributed by atoms with Crippen LogP contribution in [0, 0.1) is 5.92 Å². The van der Waals surface area contributed by atoms with Crippen LogP contribution in [0.5, 0.6) is 0 Å². The molecule has 0 radical (unpaired) electrons. The Morgan fingerprint density at radius 3 is 2.50 bits per heavy atom. The fraction of sp³-hybridized carbons (Fsp3) is 1.00. The van der Waals surface area contributed by atoms with Crippen molar-refractivity contribution in [3.63, 3.8) is 0 Å². The Bertz CT molecular complexity index is 158. The van der Waals surface area contributed by atoms with Gasteiger partial charge in [0.15, 0.2) is 0 Å². The SMILES string of the molecule is CCCC(CN(C)CC1CCCC1)NCC. The molecule has 1 N–H and O–H groups in total. The van der Waals surface area contributed by atoms with Crippen molar-refractivity contribution in [2.75, 3.05) is 26.7 Å². The van der Waals surface area contributed by atoms with E-state index in [9.17, 15) is 0 Å². The fourth-order valence-electron chi connectivity index (χ4n) is 2.98. The highest BCUT2D eigenvalue weighted by Crippen LogP contribution is 2.25. The summed E-state index contributed by atoms with van der Waals surface area (Å²) < 4.78 is 0. The van der Waals surface area contributed by atoms with E-state index < -0.39 is 0 Å². The number of rotatable bonds is 8. The Morgan fingerprint density at radius 2 is 1.94 bits per heavy atom. The minimum Gasteiger partial charge on any atom is -0.313 e. The lowest BCUT2D eigenvalue weighted by atomic mass is 10.1. The highest BCUT2D eigenvalue weighted by molar-refractivity contribution is 4.74. The first-order valence-electron chi connectivity index (χ1n) is 7.18. The van der Waals surface area contributed by atoms with Crippen molar-refractivity contribution in [3.05, 3.63) is 0 Å². The van der Waals surface area contributed by atoms with Crippen molar-refractivity contribution in [1.29, 1.82) is 0 Å². The lowest BCUT2D eigenvalue weighted by molar-refractivity contribution is 0.244. The van der Waals surface area contributed by atoms with Crippen molar-refractivity contribution in [3.8, 4) is 0 Å². The molecule has 1 aliphatic carbocycles. The van der Waals surface area contributed by atoms with Crippen LogP contribution in [0.25, 0.3) is 0 Å². The van der Waals surface area contributed by atoms with E-state index in [1.54, 1.807) is 0 Å². The average molecular weight is 226 g/mol. The second-order valence-electron chi connectivity index (χ2n) is 5.41. The van der Waals surface area contributed by atoms with E-state index in [1.165, 1.54) is 51.6 Å². The van der Waals surface area contributed by atoms with Crippen molar-refractivity contribution in [2.24, 2.45) is 5.92 Å². The van der Waals surface area contributed by atoms with Crippen molar-refractivity contribution in [1.82, 2.24) is 10.2 Å². The molecule has 2 heteroatoms. The third-order valence-electron chi connectivity index (χ3n) is 3.71. The van der Waals surface area contributed by atoms with Gasteiger partial charge in [0.2, 0.25) is 0 Å². The lowest BCUT2D eigenvalue weighted by Crippen LogP contribution is -2.40. The molecule has 0 aromatic carbocycles. The van der Waals surface area contributed by atoms with E-state index in [2.05, 4.69) is 31.1 Å². The summed E-state index contributed by atoms with van der Waals surface area (Å²) in [7, 11) is 2.29. The molecule has 0 heterocycles. The lowest BCUT2D eigenvalue weighted by Gasteiger charge is -2.26. The molecular formula is C14H30N2. The molecule has 1 saturated carbocycles. The quantitative estimate of drug-likeness (QED) is 0.684. The van der Waals surface area contributed by atoms with E-state index in [0.29, 0.717) is 6.04 Å². The van der Waals surface area contributed by atoms with Crippen LogP contribution in [0.1, 0.15) is 52.4 Å². The Kier molecular flexibility index (Phi) is 7.06. The van der Waals surface area contributed by atoms with Crippen LogP contribution in [0.3, 0.4) is 0 Å². The maximum absolute atomic E-state index is 3.60. The summed E-state index contributed by atoms with van der Waals surface area (Å²) in [4.78, 5) is 2.54. The molecule has 1 atom stereocenters. The van der Waals surface area contributed by atoms with Crippen molar-refractivity contribution < 1.29 is 0 Å². The minimum absolute atomic E-state index is 0.696. The molecule has 0 aromatic heterocycles. The van der Waals surface area contributed by atoms with E-state index in [-0.39, 0.29) is 0 Å². The first kappa shape index (κ1) is 14.0. The summed E-state index contributed by atoms with van der Waals surface area (Å²) in [5, 5.41) is 3.60. The number of nitrogens with zero attached hydrogens (tertiary/aromatic N) is 1. The average Bonchev–Trinajstić information content (AvgIpc) is 2.71. The molecule has 1 rings (SSSR count). The van der Waals surface area contributed by atoms with E-state index >= 15 is 0 Å². The highest BCUT2D eigenvalue weighted by Gasteiger charge is 2.18. The first-order chi connectivity index (χ1) is 7.76. The topological polar surface area (TPSA) is 15.3 Å². The van der Waals surface area contributed by atoms with Gasteiger partial charge in [-0.15, -0.1) is 0 Å². The highest BCUT2D eigenvalue weighted by atomic mass is 15.1. The molecule has 16 heavy (non-hydrogen) atoms. The summed E-state index contributed by atoms with van der Waals surface area (Å²) in [5.74, 6) is 0.980. The van der Waals surface area contributed by atoms with Crippen LogP contribution in [-0.4, -0.2) is 37.6 Å². The van der Waals surface area contributed by atoms with Crippen LogP contribution in [0.2, 0.25) is 0 Å². The summed E-state index contributed by atoms with van der Waals surface area (Å²) in [5.41, 5.74) is 0. The van der Waals surface area contributed by atoms with Crippen LogP contribution in [0.15, 0.2) is 0 Å². The summed E-state index contributed by atoms with van der Waals surface area (Å²) in [6, 6.07) is 0.696. The smallest absolute Gasteiger partial charge is 0.0194 e. The van der Waals surface area contributed by atoms with Crippen molar-refractivity contribution in [2.45, 2.75) is 58.4 Å². The van der Waals surface area contributed by atoms with Gasteiger partial charge in [0.25, 0.3) is 0 Å². The third-order valence-corrected chi connectivity index (χ3v) is 3.71. The summed E-state index contributed by atoms with van der Waals surface area (Å²) >= 11 is 0. The number of nitrogens with one attached hydrogen (secondary N) is 1. The van der Waals surface area contributed by atoms with Gasteiger partial charge in [0, 0.05) is 19.1 Å². The van der Waals surface area contributed by atoms with Crippen LogP contribution >= 0.6 is 0 Å². The number of likely N-dealkylation sites (N-methyl/N-ethyl adjacent to an activating group) is 2. The van der Waals surface area contributed by atoms with Crippen LogP contribution in [0.4, 0.5) is 0 Å². The Labute approximate surface area is 102 Å². The summed E-state index contributed by atoms with van der Waals surface area (Å²) in [6.45, 7) is 8.12. The standard InChI is InChI=1S/C14H30N2/c1-4-8-14(15-5-2)12-16(3)11-13-9-6-7-10-13/h13-15H,4-12H2,1-3H3. The van der Waals surface area contributed by atoms with Crippen molar-refractivity contribution >= 4 is 0 Å². The van der Waals surface area contributed by atoms with Gasteiger partial charge in [-0.1, -0.05) is 33.1 Å². The molecule has 0 aromatic rings. The molecule has 0 bridgehead atoms. The molecule has 0 amide bonds. The van der Waals surface area contributed by atoms with Crippen LogP contribution in [-0.2, 0) is 0 Å². The molecule has 96 valence electrons. The Morgan fingerprint density at radius 1 is 1.25 bits per heavy atom. The normalized spacial score (nSPS) is 19.5. The van der Waals surface area contributed by atoms with Gasteiger partial charge in [-0.05, 0) is 38.8 Å². The van der Waals surface area contributed by atoms with Gasteiger partial charge >= 0.3 is 0 Å². The van der Waals surface area contributed by atoms with E-state index in [0.717, 1.165) is 12.5 Å². The molecule has 0 saturated heterocycles. The number of hydrogen-bond acceptors (Lipinski definition) is 2. The molecule has 1 fully saturated rings. The molecule has 1 unspecified atom stereocenters. The number of hydrogen-bond donors (Lipinski definition) is 1. The monoisotopic (exact) mass is 226 g/mol. The Balaban J connectivity index is 2.20. The summed E-state index contributed by atoms with van der Waals surface area (Å²) in [6.07, 6.45) is 8.44. The van der Waals surface area contributed by atoms with Gasteiger partial charge in [-0.25, -0.2) is 0 Å². The van der Waals surface area contributed by atoms with Crippen LogP contribution < -0.4 is 5.32 Å². The predicted octanol–water partition coefficient (Wildman–Crippen LogP) is 2.89. The zero-order chi connectivity index (χ0) is 11.8. The Hall–Kier alpha value is -0.0800. The minimum atomic E-state index is 0.696. The van der Waals surface area contributed by atoms with Gasteiger partial charge in [-0.3, -0.25) is 0 Å². The molecular weight excluding hydrogens is 196 g/mol.